The zero-order valence-electron chi connectivity index (χ0n) is 14.0. The van der Waals surface area contributed by atoms with Crippen molar-refractivity contribution in [2.75, 3.05) is 18.7 Å². The van der Waals surface area contributed by atoms with E-state index in [1.54, 1.807) is 25.1 Å². The molecular formula is C16H18ClN3O4S. The highest BCUT2D eigenvalue weighted by Crippen LogP contribution is 2.26. The maximum atomic E-state index is 11.7. The molecule has 1 atom stereocenters. The van der Waals surface area contributed by atoms with Gasteiger partial charge in [-0.3, -0.25) is 0 Å². The quantitative estimate of drug-likeness (QED) is 0.559. The SMILES string of the molecule is CCc1nc([S+](C)[O-])nc(NCc2ccc(OC)c(Cl)c2)c1C(=O)O. The van der Waals surface area contributed by atoms with Crippen LogP contribution in [0.2, 0.25) is 5.02 Å². The fourth-order valence-corrected chi connectivity index (χ4v) is 2.97. The van der Waals surface area contributed by atoms with Crippen molar-refractivity contribution < 1.29 is 19.2 Å². The first-order valence-corrected chi connectivity index (χ1v) is 9.34. The first kappa shape index (κ1) is 19.3. The third kappa shape index (κ3) is 4.53. The number of carboxylic acid groups (broad SMARTS) is 1. The van der Waals surface area contributed by atoms with Gasteiger partial charge in [-0.15, -0.1) is 0 Å². The second-order valence-corrected chi connectivity index (χ2v) is 6.79. The average molecular weight is 384 g/mol. The van der Waals surface area contributed by atoms with Gasteiger partial charge >= 0.3 is 11.1 Å². The summed E-state index contributed by atoms with van der Waals surface area (Å²) in [6, 6.07) is 5.25. The molecule has 0 amide bonds. The van der Waals surface area contributed by atoms with Crippen LogP contribution in [0.4, 0.5) is 5.82 Å². The zero-order chi connectivity index (χ0) is 18.6. The van der Waals surface area contributed by atoms with Crippen molar-refractivity contribution in [3.63, 3.8) is 0 Å². The Morgan fingerprint density at radius 1 is 1.44 bits per heavy atom. The Hall–Kier alpha value is -2.03. The van der Waals surface area contributed by atoms with Crippen LogP contribution in [0.15, 0.2) is 23.4 Å². The number of rotatable bonds is 7. The number of ether oxygens (including phenoxy) is 1. The van der Waals surface area contributed by atoms with Crippen LogP contribution in [0.3, 0.4) is 0 Å². The molecule has 2 aromatic rings. The van der Waals surface area contributed by atoms with E-state index in [-0.39, 0.29) is 16.5 Å². The smallest absolute Gasteiger partial charge is 0.344 e. The molecule has 0 saturated heterocycles. The van der Waals surface area contributed by atoms with E-state index in [0.717, 1.165) is 5.56 Å². The number of benzene rings is 1. The van der Waals surface area contributed by atoms with Crippen LogP contribution in [0, 0.1) is 0 Å². The zero-order valence-corrected chi connectivity index (χ0v) is 15.6. The molecule has 0 aliphatic rings. The molecule has 1 aromatic carbocycles. The lowest BCUT2D eigenvalue weighted by Crippen LogP contribution is -2.17. The van der Waals surface area contributed by atoms with Crippen molar-refractivity contribution in [3.8, 4) is 5.75 Å². The van der Waals surface area contributed by atoms with Crippen LogP contribution >= 0.6 is 11.6 Å². The summed E-state index contributed by atoms with van der Waals surface area (Å²) in [6.45, 7) is 2.07. The molecule has 25 heavy (non-hydrogen) atoms. The second-order valence-electron chi connectivity index (χ2n) is 5.11. The molecule has 0 aliphatic carbocycles. The lowest BCUT2D eigenvalue weighted by atomic mass is 10.1. The molecule has 0 fully saturated rings. The first-order chi connectivity index (χ1) is 11.9. The fourth-order valence-electron chi connectivity index (χ4n) is 2.23. The predicted octanol–water partition coefficient (Wildman–Crippen LogP) is 2.75. The molecule has 0 radical (unpaired) electrons. The average Bonchev–Trinajstić information content (AvgIpc) is 2.58. The van der Waals surface area contributed by atoms with Crippen molar-refractivity contribution in [2.45, 2.75) is 25.0 Å². The fraction of sp³-hybridized carbons (Fsp3) is 0.312. The van der Waals surface area contributed by atoms with Crippen molar-refractivity contribution in [1.29, 1.82) is 0 Å². The molecule has 2 rings (SSSR count). The van der Waals surface area contributed by atoms with Gasteiger partial charge in [-0.25, -0.2) is 4.79 Å². The largest absolute Gasteiger partial charge is 0.609 e. The highest BCUT2D eigenvalue weighted by atomic mass is 35.5. The molecule has 2 N–H and O–H groups in total. The number of halogens is 1. The molecule has 0 aliphatic heterocycles. The van der Waals surface area contributed by atoms with Crippen molar-refractivity contribution >= 4 is 34.6 Å². The lowest BCUT2D eigenvalue weighted by Gasteiger charge is -2.13. The summed E-state index contributed by atoms with van der Waals surface area (Å²) < 4.78 is 16.8. The van der Waals surface area contributed by atoms with Crippen molar-refractivity contribution in [2.24, 2.45) is 0 Å². The van der Waals surface area contributed by atoms with E-state index in [1.165, 1.54) is 13.4 Å². The maximum Gasteiger partial charge on any atom is 0.344 e. The Balaban J connectivity index is 2.35. The molecule has 1 aromatic heterocycles. The highest BCUT2D eigenvalue weighted by molar-refractivity contribution is 7.90. The number of aryl methyl sites for hydroxylation is 1. The van der Waals surface area contributed by atoms with Gasteiger partial charge in [0.1, 0.15) is 23.4 Å². The van der Waals surface area contributed by atoms with Crippen molar-refractivity contribution in [1.82, 2.24) is 9.97 Å². The summed E-state index contributed by atoms with van der Waals surface area (Å²) in [4.78, 5) is 19.8. The van der Waals surface area contributed by atoms with E-state index in [2.05, 4.69) is 15.3 Å². The number of hydrogen-bond donors (Lipinski definition) is 2. The number of methoxy groups -OCH3 is 1. The Bertz CT molecular complexity index is 786. The highest BCUT2D eigenvalue weighted by Gasteiger charge is 2.22. The van der Waals surface area contributed by atoms with Crippen LogP contribution < -0.4 is 10.1 Å². The molecule has 134 valence electrons. The number of carboxylic acids is 1. The number of aromatic nitrogens is 2. The van der Waals surface area contributed by atoms with Gasteiger partial charge in [-0.05, 0) is 24.1 Å². The minimum absolute atomic E-state index is 0.0173. The third-order valence-corrected chi connectivity index (χ3v) is 4.44. The van der Waals surface area contributed by atoms with Crippen LogP contribution in [-0.4, -0.2) is 39.0 Å². The summed E-state index contributed by atoms with van der Waals surface area (Å²) in [7, 11) is 1.53. The molecule has 0 spiro atoms. The van der Waals surface area contributed by atoms with Crippen LogP contribution in [0.5, 0.6) is 5.75 Å². The minimum atomic E-state index is -1.42. The molecule has 1 heterocycles. The monoisotopic (exact) mass is 383 g/mol. The summed E-state index contributed by atoms with van der Waals surface area (Å²) >= 11 is 4.67. The Labute approximate surface area is 153 Å². The minimum Gasteiger partial charge on any atom is -0.609 e. The third-order valence-electron chi connectivity index (χ3n) is 3.45. The van der Waals surface area contributed by atoms with Gasteiger partial charge in [-0.2, -0.15) is 9.97 Å². The van der Waals surface area contributed by atoms with Gasteiger partial charge in [-0.1, -0.05) is 24.6 Å². The predicted molar refractivity (Wildman–Crippen MR) is 96.0 cm³/mol. The van der Waals surface area contributed by atoms with Gasteiger partial charge in [0.15, 0.2) is 0 Å². The number of nitrogens with zero attached hydrogens (tertiary/aromatic N) is 2. The van der Waals surface area contributed by atoms with E-state index in [1.807, 2.05) is 0 Å². The number of nitrogens with one attached hydrogen (secondary N) is 1. The van der Waals surface area contributed by atoms with E-state index in [0.29, 0.717) is 29.4 Å². The van der Waals surface area contributed by atoms with Crippen LogP contribution in [-0.2, 0) is 24.1 Å². The Morgan fingerprint density at radius 3 is 2.68 bits per heavy atom. The number of hydrogen-bond acceptors (Lipinski definition) is 6. The van der Waals surface area contributed by atoms with E-state index in [9.17, 15) is 14.5 Å². The van der Waals surface area contributed by atoms with Gasteiger partial charge in [0, 0.05) is 17.7 Å². The van der Waals surface area contributed by atoms with Gasteiger partial charge in [0.05, 0.1) is 17.8 Å². The summed E-state index contributed by atoms with van der Waals surface area (Å²) in [5.74, 6) is -0.451. The second kappa shape index (κ2) is 8.37. The standard InChI is InChI=1S/C16H18ClN3O4S/c1-4-11-13(15(21)22)14(20-16(19-11)25(3)23)18-8-9-5-6-12(24-2)10(17)7-9/h5-7H,4,8H2,1-3H3,(H,21,22)(H,18,19,20). The van der Waals surface area contributed by atoms with Crippen molar-refractivity contribution in [3.05, 3.63) is 40.0 Å². The Kier molecular flexibility index (Phi) is 6.46. The molecule has 7 nitrogen and oxygen atoms in total. The molecule has 9 heteroatoms. The van der Waals surface area contributed by atoms with Crippen LogP contribution in [0.1, 0.15) is 28.5 Å². The topological polar surface area (TPSA) is 107 Å². The maximum absolute atomic E-state index is 11.7. The van der Waals surface area contributed by atoms with Crippen LogP contribution in [0.25, 0.3) is 0 Å². The summed E-state index contributed by atoms with van der Waals surface area (Å²) in [6.07, 6.45) is 1.83. The summed E-state index contributed by atoms with van der Waals surface area (Å²) in [5.41, 5.74) is 1.14. The van der Waals surface area contributed by atoms with E-state index in [4.69, 9.17) is 16.3 Å². The van der Waals surface area contributed by atoms with Gasteiger partial charge in [0.25, 0.3) is 0 Å². The van der Waals surface area contributed by atoms with E-state index < -0.39 is 17.1 Å². The number of carbonyl (C=O) groups is 1. The first-order valence-electron chi connectivity index (χ1n) is 7.41. The van der Waals surface area contributed by atoms with Gasteiger partial charge in [0.2, 0.25) is 0 Å². The van der Waals surface area contributed by atoms with E-state index >= 15 is 0 Å². The Morgan fingerprint density at radius 2 is 2.16 bits per heavy atom. The summed E-state index contributed by atoms with van der Waals surface area (Å²) in [5, 5.41) is 13.0. The number of anilines is 1. The molecule has 1 unspecified atom stereocenters. The molecular weight excluding hydrogens is 366 g/mol. The normalized spacial score (nSPS) is 11.9. The molecule has 0 saturated carbocycles. The lowest BCUT2D eigenvalue weighted by molar-refractivity contribution is 0.0695. The number of aromatic carboxylic acids is 1. The van der Waals surface area contributed by atoms with Gasteiger partial charge < -0.3 is 19.7 Å². The molecule has 0 bridgehead atoms.